The number of hydrogen-bond acceptors (Lipinski definition) is 7. The highest BCUT2D eigenvalue weighted by Crippen LogP contribution is 2.32. The van der Waals surface area contributed by atoms with Crippen molar-refractivity contribution in [2.45, 2.75) is 19.9 Å². The van der Waals surface area contributed by atoms with Crippen molar-refractivity contribution in [2.24, 2.45) is 0 Å². The molecule has 29 heavy (non-hydrogen) atoms. The van der Waals surface area contributed by atoms with E-state index in [2.05, 4.69) is 25.0 Å². The van der Waals surface area contributed by atoms with E-state index in [1.165, 1.54) is 12.7 Å². The van der Waals surface area contributed by atoms with Gasteiger partial charge in [0.05, 0.1) is 40.7 Å². The highest BCUT2D eigenvalue weighted by Gasteiger charge is 2.23. The van der Waals surface area contributed by atoms with Gasteiger partial charge in [0.2, 0.25) is 0 Å². The summed E-state index contributed by atoms with van der Waals surface area (Å²) in [6, 6.07) is 5.47. The summed E-state index contributed by atoms with van der Waals surface area (Å²) in [5.74, 6) is 0.412. The maximum absolute atomic E-state index is 6.26. The van der Waals surface area contributed by atoms with Crippen LogP contribution in [0.2, 0.25) is 5.02 Å². The van der Waals surface area contributed by atoms with Crippen LogP contribution in [0.1, 0.15) is 24.4 Å². The van der Waals surface area contributed by atoms with Crippen LogP contribution < -0.4 is 5.73 Å². The molecule has 2 N–H and O–H groups in total. The van der Waals surface area contributed by atoms with Crippen LogP contribution in [-0.2, 0) is 0 Å². The first kappa shape index (κ1) is 17.5. The third-order valence-electron chi connectivity index (χ3n) is 4.92. The fourth-order valence-electron chi connectivity index (χ4n) is 3.57. The maximum Gasteiger partial charge on any atom is 0.164 e. The molecule has 1 aromatic carbocycles. The average molecular weight is 406 g/mol. The fraction of sp³-hybridized carbons (Fsp3) is 0.158. The van der Waals surface area contributed by atoms with E-state index in [1.807, 2.05) is 36.7 Å². The molecule has 0 saturated heterocycles. The Balaban J connectivity index is 1.75. The molecule has 1 unspecified atom stereocenters. The Morgan fingerprint density at radius 3 is 2.66 bits per heavy atom. The summed E-state index contributed by atoms with van der Waals surface area (Å²) in [5.41, 5.74) is 9.91. The van der Waals surface area contributed by atoms with Crippen LogP contribution in [0.5, 0.6) is 0 Å². The number of rotatable bonds is 3. The van der Waals surface area contributed by atoms with Crippen molar-refractivity contribution in [1.82, 2.24) is 39.5 Å². The second-order valence-electron chi connectivity index (χ2n) is 6.72. The van der Waals surface area contributed by atoms with Crippen LogP contribution in [0.4, 0.5) is 5.82 Å². The minimum Gasteiger partial charge on any atom is -0.383 e. The van der Waals surface area contributed by atoms with E-state index in [-0.39, 0.29) is 6.04 Å². The van der Waals surface area contributed by atoms with Gasteiger partial charge in [-0.1, -0.05) is 11.6 Å². The molecule has 0 fully saturated rings. The summed E-state index contributed by atoms with van der Waals surface area (Å²) in [4.78, 5) is 16.7. The van der Waals surface area contributed by atoms with E-state index < -0.39 is 0 Å². The van der Waals surface area contributed by atoms with Gasteiger partial charge in [-0.25, -0.2) is 29.3 Å². The van der Waals surface area contributed by atoms with Crippen molar-refractivity contribution in [3.63, 3.8) is 0 Å². The predicted molar refractivity (Wildman–Crippen MR) is 110 cm³/mol. The first-order valence-corrected chi connectivity index (χ1v) is 9.31. The van der Waals surface area contributed by atoms with Gasteiger partial charge in [-0.2, -0.15) is 10.2 Å². The van der Waals surface area contributed by atoms with Crippen molar-refractivity contribution in [3.8, 4) is 5.69 Å². The van der Waals surface area contributed by atoms with Crippen LogP contribution in [0.15, 0.2) is 43.2 Å². The largest absolute Gasteiger partial charge is 0.383 e. The van der Waals surface area contributed by atoms with Crippen LogP contribution in [0.25, 0.3) is 27.6 Å². The molecule has 0 aliphatic rings. The third kappa shape index (κ3) is 2.70. The van der Waals surface area contributed by atoms with Gasteiger partial charge in [-0.15, -0.1) is 0 Å². The second-order valence-corrected chi connectivity index (χ2v) is 7.16. The third-order valence-corrected chi connectivity index (χ3v) is 5.15. The van der Waals surface area contributed by atoms with E-state index in [4.69, 9.17) is 22.4 Å². The minimum atomic E-state index is -0.213. The van der Waals surface area contributed by atoms with Gasteiger partial charge in [-0.3, -0.25) is 0 Å². The van der Waals surface area contributed by atoms with Crippen molar-refractivity contribution in [1.29, 1.82) is 0 Å². The number of benzene rings is 1. The molecule has 9 nitrogen and oxygen atoms in total. The number of nitrogens with two attached hydrogens (primary N) is 1. The SMILES string of the molecule is Cc1nn(C(C)c2nn(-c3cncnc3)c3cc(Cl)ccc23)c2ncnc(N)c12. The lowest BCUT2D eigenvalue weighted by Gasteiger charge is -2.11. The number of aromatic nitrogens is 8. The Bertz CT molecular complexity index is 1360. The maximum atomic E-state index is 6.26. The minimum absolute atomic E-state index is 0.213. The zero-order valence-electron chi connectivity index (χ0n) is 15.7. The summed E-state index contributed by atoms with van der Waals surface area (Å²) >= 11 is 6.26. The molecular formula is C19H16ClN9. The van der Waals surface area contributed by atoms with Crippen LogP contribution in [0, 0.1) is 6.92 Å². The fourth-order valence-corrected chi connectivity index (χ4v) is 3.74. The van der Waals surface area contributed by atoms with Crippen molar-refractivity contribution in [2.75, 3.05) is 5.73 Å². The highest BCUT2D eigenvalue weighted by atomic mass is 35.5. The number of nitrogens with zero attached hydrogens (tertiary/aromatic N) is 8. The summed E-state index contributed by atoms with van der Waals surface area (Å²) in [7, 11) is 0. The lowest BCUT2D eigenvalue weighted by Crippen LogP contribution is -2.11. The Morgan fingerprint density at radius 1 is 1.07 bits per heavy atom. The van der Waals surface area contributed by atoms with Crippen molar-refractivity contribution >= 4 is 39.4 Å². The van der Waals surface area contributed by atoms with Gasteiger partial charge in [-0.05, 0) is 32.0 Å². The molecule has 5 aromatic rings. The quantitative estimate of drug-likeness (QED) is 0.490. The summed E-state index contributed by atoms with van der Waals surface area (Å²) in [6.45, 7) is 3.91. The summed E-state index contributed by atoms with van der Waals surface area (Å²) < 4.78 is 3.61. The summed E-state index contributed by atoms with van der Waals surface area (Å²) in [5, 5.41) is 11.9. The van der Waals surface area contributed by atoms with Gasteiger partial charge in [0.25, 0.3) is 0 Å². The van der Waals surface area contributed by atoms with Crippen LogP contribution in [-0.4, -0.2) is 39.5 Å². The Kier molecular flexibility index (Phi) is 3.92. The molecule has 0 bridgehead atoms. The van der Waals surface area contributed by atoms with Crippen LogP contribution >= 0.6 is 11.6 Å². The van der Waals surface area contributed by atoms with E-state index in [9.17, 15) is 0 Å². The molecular weight excluding hydrogens is 390 g/mol. The van der Waals surface area contributed by atoms with Gasteiger partial charge < -0.3 is 5.73 Å². The highest BCUT2D eigenvalue weighted by molar-refractivity contribution is 6.31. The number of fused-ring (bicyclic) bond motifs is 2. The number of hydrogen-bond donors (Lipinski definition) is 1. The van der Waals surface area contributed by atoms with Gasteiger partial charge in [0, 0.05) is 10.4 Å². The van der Waals surface area contributed by atoms with Gasteiger partial charge in [0.1, 0.15) is 24.2 Å². The lowest BCUT2D eigenvalue weighted by atomic mass is 10.1. The summed E-state index contributed by atoms with van der Waals surface area (Å²) in [6.07, 6.45) is 6.33. The molecule has 0 spiro atoms. The monoisotopic (exact) mass is 405 g/mol. The lowest BCUT2D eigenvalue weighted by molar-refractivity contribution is 0.558. The number of halogens is 1. The molecule has 4 aromatic heterocycles. The molecule has 0 aliphatic carbocycles. The number of nitrogen functional groups attached to an aromatic ring is 1. The number of aryl methyl sites for hydroxylation is 1. The number of anilines is 1. The normalized spacial score (nSPS) is 12.7. The van der Waals surface area contributed by atoms with E-state index in [0.29, 0.717) is 16.5 Å². The Hall–Kier alpha value is -3.59. The second kappa shape index (κ2) is 6.49. The Morgan fingerprint density at radius 2 is 1.86 bits per heavy atom. The van der Waals surface area contributed by atoms with Crippen molar-refractivity contribution < 1.29 is 0 Å². The van der Waals surface area contributed by atoms with E-state index >= 15 is 0 Å². The van der Waals surface area contributed by atoms with E-state index in [1.54, 1.807) is 17.1 Å². The topological polar surface area (TPSA) is 113 Å². The van der Waals surface area contributed by atoms with Crippen LogP contribution in [0.3, 0.4) is 0 Å². The Labute approximate surface area is 170 Å². The van der Waals surface area contributed by atoms with E-state index in [0.717, 1.165) is 33.4 Å². The molecule has 10 heteroatoms. The predicted octanol–water partition coefficient (Wildman–Crippen LogP) is 3.11. The molecule has 0 saturated carbocycles. The molecule has 0 radical (unpaired) electrons. The molecule has 4 heterocycles. The van der Waals surface area contributed by atoms with Gasteiger partial charge in [0.15, 0.2) is 5.65 Å². The average Bonchev–Trinajstić information content (AvgIpc) is 3.27. The zero-order valence-corrected chi connectivity index (χ0v) is 16.4. The van der Waals surface area contributed by atoms with Gasteiger partial charge >= 0.3 is 0 Å². The zero-order chi connectivity index (χ0) is 20.1. The standard InChI is InChI=1S/C19H16ClN9/c1-10-16-18(21)24-9-25-19(16)28(26-10)11(2)17-14-4-3-12(20)5-15(14)29(27-17)13-6-22-8-23-7-13/h3-9,11H,1-2H3,(H2,21,24,25). The first-order chi connectivity index (χ1) is 14.0. The van der Waals surface area contributed by atoms with Crippen molar-refractivity contribution in [3.05, 3.63) is 59.7 Å². The smallest absolute Gasteiger partial charge is 0.164 e. The molecule has 0 amide bonds. The molecule has 1 atom stereocenters. The molecule has 0 aliphatic heterocycles. The molecule has 5 rings (SSSR count). The first-order valence-electron chi connectivity index (χ1n) is 8.93. The molecule has 144 valence electrons.